The van der Waals surface area contributed by atoms with Crippen molar-refractivity contribution in [2.24, 2.45) is 16.3 Å². The van der Waals surface area contributed by atoms with E-state index in [1.54, 1.807) is 24.0 Å². The van der Waals surface area contributed by atoms with Crippen LogP contribution in [0, 0.1) is 18.2 Å². The highest BCUT2D eigenvalue weighted by Crippen LogP contribution is 2.31. The smallest absolute Gasteiger partial charge is 0.256 e. The van der Waals surface area contributed by atoms with E-state index in [1.165, 1.54) is 6.07 Å². The van der Waals surface area contributed by atoms with Crippen molar-refractivity contribution in [2.45, 2.75) is 26.7 Å². The number of benzene rings is 1. The third-order valence-electron chi connectivity index (χ3n) is 4.30. The fourth-order valence-corrected chi connectivity index (χ4v) is 2.56. The minimum Gasteiger partial charge on any atom is -0.409 e. The van der Waals surface area contributed by atoms with Crippen LogP contribution in [-0.4, -0.2) is 34.9 Å². The van der Waals surface area contributed by atoms with Gasteiger partial charge in [0.1, 0.15) is 11.7 Å². The van der Waals surface area contributed by atoms with Gasteiger partial charge in [0.05, 0.1) is 5.56 Å². The number of amidine groups is 1. The number of halogens is 1. The fraction of sp³-hybridized carbons (Fsp3) is 0.467. The number of rotatable bonds is 2. The number of aryl methyl sites for hydroxylation is 1. The standard InChI is InChI=1S/C15H20FN3O2/c1-10-4-3-5-11(12(10)16)13(20)19-8-6-15(2,7-9-19)14(17)18-21/h3-5,21H,6-9H2,1-2H3,(H2,17,18). The second kappa shape index (κ2) is 5.71. The lowest BCUT2D eigenvalue weighted by Gasteiger charge is -2.38. The van der Waals surface area contributed by atoms with E-state index in [9.17, 15) is 9.18 Å². The van der Waals surface area contributed by atoms with Crippen LogP contribution in [0.25, 0.3) is 0 Å². The molecule has 0 unspecified atom stereocenters. The first-order valence-electron chi connectivity index (χ1n) is 6.91. The van der Waals surface area contributed by atoms with Crippen molar-refractivity contribution in [3.63, 3.8) is 0 Å². The van der Waals surface area contributed by atoms with Crippen LogP contribution in [0.15, 0.2) is 23.4 Å². The zero-order valence-corrected chi connectivity index (χ0v) is 12.3. The molecule has 1 aliphatic heterocycles. The Morgan fingerprint density at radius 2 is 2.05 bits per heavy atom. The van der Waals surface area contributed by atoms with Gasteiger partial charge in [0.15, 0.2) is 0 Å². The summed E-state index contributed by atoms with van der Waals surface area (Å²) < 4.78 is 14.0. The van der Waals surface area contributed by atoms with Crippen LogP contribution in [0.4, 0.5) is 4.39 Å². The van der Waals surface area contributed by atoms with Gasteiger partial charge in [-0.15, -0.1) is 0 Å². The monoisotopic (exact) mass is 293 g/mol. The van der Waals surface area contributed by atoms with Gasteiger partial charge >= 0.3 is 0 Å². The quantitative estimate of drug-likeness (QED) is 0.379. The van der Waals surface area contributed by atoms with Crippen molar-refractivity contribution < 1.29 is 14.4 Å². The molecule has 1 heterocycles. The molecule has 2 rings (SSSR count). The summed E-state index contributed by atoms with van der Waals surface area (Å²) in [7, 11) is 0. The molecule has 1 aromatic rings. The van der Waals surface area contributed by atoms with Crippen LogP contribution in [0.2, 0.25) is 0 Å². The molecule has 6 heteroatoms. The van der Waals surface area contributed by atoms with E-state index >= 15 is 0 Å². The molecule has 1 fully saturated rings. The normalized spacial score (nSPS) is 18.6. The predicted molar refractivity (Wildman–Crippen MR) is 77.8 cm³/mol. The maximum Gasteiger partial charge on any atom is 0.256 e. The second-order valence-electron chi connectivity index (χ2n) is 5.77. The zero-order chi connectivity index (χ0) is 15.6. The molecule has 0 spiro atoms. The molecule has 3 N–H and O–H groups in total. The third kappa shape index (κ3) is 2.84. The molecule has 114 valence electrons. The van der Waals surface area contributed by atoms with Crippen molar-refractivity contribution in [1.82, 2.24) is 4.90 Å². The largest absolute Gasteiger partial charge is 0.409 e. The Hall–Kier alpha value is -2.11. The average molecular weight is 293 g/mol. The first-order chi connectivity index (χ1) is 9.89. The third-order valence-corrected chi connectivity index (χ3v) is 4.30. The number of hydrogen-bond donors (Lipinski definition) is 2. The number of carbonyl (C=O) groups excluding carboxylic acids is 1. The molecular weight excluding hydrogens is 273 g/mol. The van der Waals surface area contributed by atoms with E-state index < -0.39 is 11.2 Å². The van der Waals surface area contributed by atoms with Crippen molar-refractivity contribution >= 4 is 11.7 Å². The highest BCUT2D eigenvalue weighted by molar-refractivity contribution is 5.95. The predicted octanol–water partition coefficient (Wildman–Crippen LogP) is 2.12. The maximum absolute atomic E-state index is 14.0. The molecule has 0 aliphatic carbocycles. The SMILES string of the molecule is Cc1cccc(C(=O)N2CCC(C)(/C(N)=N/O)CC2)c1F. The molecule has 5 nitrogen and oxygen atoms in total. The first kappa shape index (κ1) is 15.3. The Labute approximate surface area is 123 Å². The topological polar surface area (TPSA) is 78.9 Å². The highest BCUT2D eigenvalue weighted by Gasteiger charge is 2.36. The van der Waals surface area contributed by atoms with Crippen LogP contribution in [0.1, 0.15) is 35.7 Å². The minimum atomic E-state index is -0.465. The number of amides is 1. The van der Waals surface area contributed by atoms with Gasteiger partial charge in [0, 0.05) is 18.5 Å². The molecule has 0 aromatic heterocycles. The van der Waals surface area contributed by atoms with E-state index in [4.69, 9.17) is 10.9 Å². The summed E-state index contributed by atoms with van der Waals surface area (Å²) in [5, 5.41) is 11.9. The zero-order valence-electron chi connectivity index (χ0n) is 12.3. The number of likely N-dealkylation sites (tertiary alicyclic amines) is 1. The van der Waals surface area contributed by atoms with Gasteiger partial charge in [-0.3, -0.25) is 4.79 Å². The molecule has 0 bridgehead atoms. The molecule has 0 radical (unpaired) electrons. The van der Waals surface area contributed by atoms with E-state index in [0.717, 1.165) is 0 Å². The summed E-state index contributed by atoms with van der Waals surface area (Å²) in [5.41, 5.74) is 5.83. The Morgan fingerprint density at radius 1 is 1.43 bits per heavy atom. The number of hydrogen-bond acceptors (Lipinski definition) is 3. The van der Waals surface area contributed by atoms with E-state index in [-0.39, 0.29) is 17.3 Å². The van der Waals surface area contributed by atoms with Gasteiger partial charge in [0.25, 0.3) is 5.91 Å². The van der Waals surface area contributed by atoms with Gasteiger partial charge in [-0.05, 0) is 31.4 Å². The van der Waals surface area contributed by atoms with Crippen molar-refractivity contribution in [2.75, 3.05) is 13.1 Å². The van der Waals surface area contributed by atoms with Crippen LogP contribution in [0.5, 0.6) is 0 Å². The van der Waals surface area contributed by atoms with Crippen molar-refractivity contribution in [1.29, 1.82) is 0 Å². The van der Waals surface area contributed by atoms with E-state index in [1.807, 2.05) is 6.92 Å². The molecule has 0 saturated carbocycles. The highest BCUT2D eigenvalue weighted by atomic mass is 19.1. The van der Waals surface area contributed by atoms with Crippen LogP contribution in [-0.2, 0) is 0 Å². The Morgan fingerprint density at radius 3 is 2.62 bits per heavy atom. The van der Waals surface area contributed by atoms with Crippen LogP contribution in [0.3, 0.4) is 0 Å². The lowest BCUT2D eigenvalue weighted by atomic mass is 9.79. The number of piperidine rings is 1. The lowest BCUT2D eigenvalue weighted by molar-refractivity contribution is 0.0661. The van der Waals surface area contributed by atoms with Crippen LogP contribution >= 0.6 is 0 Å². The van der Waals surface area contributed by atoms with Gasteiger partial charge in [-0.1, -0.05) is 24.2 Å². The van der Waals surface area contributed by atoms with Gasteiger partial charge in [-0.25, -0.2) is 4.39 Å². The molecule has 21 heavy (non-hydrogen) atoms. The minimum absolute atomic E-state index is 0.0994. The number of carbonyl (C=O) groups is 1. The second-order valence-corrected chi connectivity index (χ2v) is 5.77. The van der Waals surface area contributed by atoms with E-state index in [2.05, 4.69) is 5.16 Å². The summed E-state index contributed by atoms with van der Waals surface area (Å²) in [6.45, 7) is 4.45. The molecule has 0 atom stereocenters. The van der Waals surface area contributed by atoms with Gasteiger partial charge in [0.2, 0.25) is 0 Å². The molecule has 1 aromatic carbocycles. The lowest BCUT2D eigenvalue weighted by Crippen LogP contribution is -2.47. The summed E-state index contributed by atoms with van der Waals surface area (Å²) in [6.07, 6.45) is 1.17. The number of nitrogens with two attached hydrogens (primary N) is 1. The summed E-state index contributed by atoms with van der Waals surface area (Å²) >= 11 is 0. The number of nitrogens with zero attached hydrogens (tertiary/aromatic N) is 2. The fourth-order valence-electron chi connectivity index (χ4n) is 2.56. The van der Waals surface area contributed by atoms with E-state index in [0.29, 0.717) is 31.5 Å². The number of oxime groups is 1. The van der Waals surface area contributed by atoms with Gasteiger partial charge in [-0.2, -0.15) is 0 Å². The Balaban J connectivity index is 2.12. The Kier molecular flexibility index (Phi) is 4.16. The van der Waals surface area contributed by atoms with Crippen LogP contribution < -0.4 is 5.73 Å². The van der Waals surface area contributed by atoms with Gasteiger partial charge < -0.3 is 15.8 Å². The molecule has 1 amide bonds. The Bertz CT molecular complexity index is 578. The molecular formula is C15H20FN3O2. The summed E-state index contributed by atoms with van der Waals surface area (Å²) in [6, 6.07) is 4.82. The summed E-state index contributed by atoms with van der Waals surface area (Å²) in [5.74, 6) is -0.596. The molecule has 1 aliphatic rings. The van der Waals surface area contributed by atoms with Crippen molar-refractivity contribution in [3.05, 3.63) is 35.1 Å². The summed E-state index contributed by atoms with van der Waals surface area (Å²) in [4.78, 5) is 14.0. The average Bonchev–Trinajstić information content (AvgIpc) is 2.49. The maximum atomic E-state index is 14.0. The first-order valence-corrected chi connectivity index (χ1v) is 6.91. The van der Waals surface area contributed by atoms with Crippen molar-refractivity contribution in [3.8, 4) is 0 Å². The molecule has 1 saturated heterocycles.